The summed E-state index contributed by atoms with van der Waals surface area (Å²) in [6, 6.07) is 0.851. The predicted octanol–water partition coefficient (Wildman–Crippen LogP) is 4.01. The second kappa shape index (κ2) is 18.7. The molecule has 63 heavy (non-hydrogen) atoms. The van der Waals surface area contributed by atoms with Crippen molar-refractivity contribution in [2.24, 2.45) is 5.92 Å². The Bertz CT molecular complexity index is 2220. The van der Waals surface area contributed by atoms with Gasteiger partial charge in [-0.05, 0) is 76.0 Å². The normalized spacial score (nSPS) is 28.0. The molecule has 2 saturated carbocycles. The van der Waals surface area contributed by atoms with Crippen molar-refractivity contribution in [1.82, 2.24) is 35.1 Å². The number of benzene rings is 1. The van der Waals surface area contributed by atoms with Crippen LogP contribution < -0.4 is 25.6 Å². The molecule has 6 aliphatic rings. The summed E-state index contributed by atoms with van der Waals surface area (Å²) in [7, 11) is -4.67. The van der Waals surface area contributed by atoms with Crippen molar-refractivity contribution in [3.63, 3.8) is 0 Å². The van der Waals surface area contributed by atoms with Gasteiger partial charge in [-0.1, -0.05) is 31.8 Å². The number of nitrogens with zero attached hydrogens (tertiary/aromatic N) is 5. The number of carbonyl (C=O) groups is 5. The van der Waals surface area contributed by atoms with E-state index in [0.29, 0.717) is 37.4 Å². The zero-order valence-electron chi connectivity index (χ0n) is 35.3. The number of hydrogen-bond acceptors (Lipinski definition) is 13. The van der Waals surface area contributed by atoms with Crippen molar-refractivity contribution in [3.05, 3.63) is 54.1 Å². The Hall–Kier alpha value is -5.53. The van der Waals surface area contributed by atoms with Crippen LogP contribution in [0.15, 0.2) is 41.9 Å². The Morgan fingerprint density at radius 2 is 1.70 bits per heavy atom. The highest BCUT2D eigenvalue weighted by Crippen LogP contribution is 2.45. The molecule has 0 bridgehead atoms. The van der Waals surface area contributed by atoms with Gasteiger partial charge in [-0.3, -0.25) is 19.3 Å². The molecule has 0 unspecified atom stereocenters. The molecule has 1 aromatic carbocycles. The van der Waals surface area contributed by atoms with E-state index in [1.54, 1.807) is 6.20 Å². The lowest BCUT2D eigenvalue weighted by atomic mass is 10.0. The van der Waals surface area contributed by atoms with Crippen LogP contribution >= 0.6 is 0 Å². The number of rotatable bonds is 5. The molecular weight excluding hydrogens is 838 g/mol. The molecule has 4 aliphatic heterocycles. The van der Waals surface area contributed by atoms with E-state index in [2.05, 4.69) is 37.1 Å². The summed E-state index contributed by atoms with van der Waals surface area (Å²) in [5.41, 5.74) is -0.180. The smallest absolute Gasteiger partial charge is 0.410 e. The topological polar surface area (TPSA) is 222 Å². The molecule has 1 aromatic heterocycles. The number of sulfonamides is 1. The molecule has 5 atom stereocenters. The van der Waals surface area contributed by atoms with Crippen molar-refractivity contribution in [2.45, 2.75) is 138 Å². The van der Waals surface area contributed by atoms with Crippen LogP contribution in [-0.2, 0) is 47.0 Å². The molecule has 5 amide bonds. The van der Waals surface area contributed by atoms with Gasteiger partial charge >= 0.3 is 12.2 Å². The number of carbonyl (C=O) groups excluding carboxylic acids is 5. The average Bonchev–Trinajstić information content (AvgIpc) is 3.90. The summed E-state index contributed by atoms with van der Waals surface area (Å²) in [6.07, 6.45) is 9.35. The minimum atomic E-state index is -4.67. The summed E-state index contributed by atoms with van der Waals surface area (Å²) < 4.78 is 55.7. The molecule has 2 saturated heterocycles. The summed E-state index contributed by atoms with van der Waals surface area (Å²) >= 11 is 0. The zero-order valence-corrected chi connectivity index (χ0v) is 36.1. The van der Waals surface area contributed by atoms with Crippen molar-refractivity contribution < 1.29 is 46.3 Å². The SMILES string of the molecule is C=C[C@@H]1C[C@@]12NC(=O)[C@@H]1C[C@@H](OC(=O)N3Cc4cnc(N5CCCC5)nc4C3)CN1C(=O)[C@@H](NC(=O)OC1CCCC1)CCCCCCCNc1ccc(F)cc1S(=O)(=O)NC2=O. The van der Waals surface area contributed by atoms with Gasteiger partial charge in [-0.25, -0.2) is 37.1 Å². The molecule has 4 N–H and O–H groups in total. The third kappa shape index (κ3) is 9.84. The third-order valence-electron chi connectivity index (χ3n) is 13.1. The van der Waals surface area contributed by atoms with Gasteiger partial charge in [0.05, 0.1) is 31.0 Å². The lowest BCUT2D eigenvalue weighted by Crippen LogP contribution is -2.58. The fraction of sp³-hybridized carbons (Fsp3) is 0.605. The van der Waals surface area contributed by atoms with Gasteiger partial charge in [0.2, 0.25) is 17.8 Å². The Balaban J connectivity index is 1.05. The van der Waals surface area contributed by atoms with E-state index in [0.717, 1.165) is 82.2 Å². The monoisotopic (exact) mass is 893 g/mol. The Morgan fingerprint density at radius 3 is 2.46 bits per heavy atom. The molecule has 0 radical (unpaired) electrons. The highest BCUT2D eigenvalue weighted by atomic mass is 32.2. The lowest BCUT2D eigenvalue weighted by Gasteiger charge is -2.30. The van der Waals surface area contributed by atoms with Crippen molar-refractivity contribution in [1.29, 1.82) is 0 Å². The van der Waals surface area contributed by atoms with Crippen LogP contribution in [0.25, 0.3) is 0 Å². The van der Waals surface area contributed by atoms with E-state index >= 15 is 0 Å². The molecule has 2 aliphatic carbocycles. The zero-order chi connectivity index (χ0) is 44.3. The van der Waals surface area contributed by atoms with Gasteiger partial charge in [-0.2, -0.15) is 0 Å². The number of nitrogens with one attached hydrogen (secondary N) is 4. The second-order valence-electron chi connectivity index (χ2n) is 17.5. The van der Waals surface area contributed by atoms with Crippen molar-refractivity contribution in [3.8, 4) is 0 Å². The fourth-order valence-corrected chi connectivity index (χ4v) is 10.7. The Morgan fingerprint density at radius 1 is 0.952 bits per heavy atom. The average molecular weight is 894 g/mol. The number of hydrogen-bond donors (Lipinski definition) is 4. The van der Waals surface area contributed by atoms with Gasteiger partial charge in [0, 0.05) is 43.7 Å². The number of anilines is 2. The maximum absolute atomic E-state index is 14.7. The fourth-order valence-electron chi connectivity index (χ4n) is 9.42. The maximum Gasteiger partial charge on any atom is 0.410 e. The largest absolute Gasteiger partial charge is 0.446 e. The summed E-state index contributed by atoms with van der Waals surface area (Å²) in [4.78, 5) is 83.9. The second-order valence-corrected chi connectivity index (χ2v) is 19.2. The first-order chi connectivity index (χ1) is 30.3. The van der Waals surface area contributed by atoms with Crippen LogP contribution in [0.2, 0.25) is 0 Å². The standard InChI is InChI=1S/C43H56FN9O9S/c1-2-28-22-43(28)39(56)50-63(59,60)36-20-29(44)15-16-32(36)45-17-9-5-3-4-6-14-33(48-41(57)61-30-12-7-8-13-30)38(55)53-25-31(21-35(53)37(54)49-43)62-42(58)52-24-27-23-46-40(47-34(27)26-52)51-18-10-11-19-51/h2,15-16,20,23,28,30-31,33,35,45H,1,3-14,17-19,21-22,24-26H2,(H,48,57)(H,49,54)(H,50,56)/t28-,31-,33+,35+,43-/m1/s1. The van der Waals surface area contributed by atoms with Gasteiger partial charge in [-0.15, -0.1) is 6.58 Å². The van der Waals surface area contributed by atoms with Gasteiger partial charge in [0.15, 0.2) is 0 Å². The molecule has 340 valence electrons. The summed E-state index contributed by atoms with van der Waals surface area (Å²) in [5.74, 6) is -3.36. The molecule has 8 rings (SSSR count). The molecular formula is C43H56FN9O9S. The molecule has 20 heteroatoms. The first-order valence-electron chi connectivity index (χ1n) is 22.2. The molecule has 1 spiro atoms. The van der Waals surface area contributed by atoms with Crippen LogP contribution in [0.3, 0.4) is 0 Å². The predicted molar refractivity (Wildman–Crippen MR) is 226 cm³/mol. The van der Waals surface area contributed by atoms with Crippen LogP contribution in [0.5, 0.6) is 0 Å². The maximum atomic E-state index is 14.7. The summed E-state index contributed by atoms with van der Waals surface area (Å²) in [5, 5.41) is 8.54. The minimum Gasteiger partial charge on any atom is -0.446 e. The minimum absolute atomic E-state index is 0.00793. The highest BCUT2D eigenvalue weighted by Gasteiger charge is 2.61. The number of alkyl carbamates (subject to hydrolysis) is 1. The molecule has 18 nitrogen and oxygen atoms in total. The van der Waals surface area contributed by atoms with Gasteiger partial charge < -0.3 is 35.2 Å². The number of aromatic nitrogens is 2. The third-order valence-corrected chi connectivity index (χ3v) is 14.4. The van der Waals surface area contributed by atoms with Crippen LogP contribution in [0.1, 0.15) is 101 Å². The van der Waals surface area contributed by atoms with Crippen molar-refractivity contribution in [2.75, 3.05) is 36.4 Å². The van der Waals surface area contributed by atoms with Crippen molar-refractivity contribution >= 4 is 51.6 Å². The summed E-state index contributed by atoms with van der Waals surface area (Å²) in [6.45, 7) is 6.05. The Kier molecular flexibility index (Phi) is 13.1. The molecule has 4 fully saturated rings. The number of amides is 5. The first-order valence-corrected chi connectivity index (χ1v) is 23.7. The van der Waals surface area contributed by atoms with Gasteiger partial charge in [0.1, 0.15) is 40.5 Å². The van der Waals surface area contributed by atoms with Gasteiger partial charge in [0.25, 0.3) is 15.9 Å². The number of fused-ring (bicyclic) bond motifs is 3. The van der Waals surface area contributed by atoms with Crippen LogP contribution in [0.4, 0.5) is 25.6 Å². The van der Waals surface area contributed by atoms with E-state index in [-0.39, 0.29) is 50.7 Å². The quantitative estimate of drug-likeness (QED) is 0.312. The first kappa shape index (κ1) is 44.1. The van der Waals surface area contributed by atoms with E-state index in [4.69, 9.17) is 14.5 Å². The number of halogens is 1. The van der Waals surface area contributed by atoms with E-state index in [1.165, 1.54) is 21.9 Å². The highest BCUT2D eigenvalue weighted by molar-refractivity contribution is 7.90. The number of ether oxygens (including phenoxy) is 2. The Labute approximate surface area is 366 Å². The van der Waals surface area contributed by atoms with Crippen LogP contribution in [-0.4, -0.2) is 114 Å². The van der Waals surface area contributed by atoms with E-state index in [9.17, 15) is 36.8 Å². The molecule has 5 heterocycles. The van der Waals surface area contributed by atoms with E-state index in [1.807, 2.05) is 0 Å². The van der Waals surface area contributed by atoms with Crippen LogP contribution in [0, 0.1) is 11.7 Å². The molecule has 2 aromatic rings. The lowest BCUT2D eigenvalue weighted by molar-refractivity contribution is -0.141. The van der Waals surface area contributed by atoms with E-state index < -0.39 is 80.3 Å².